The summed E-state index contributed by atoms with van der Waals surface area (Å²) >= 11 is 0. The van der Waals surface area contributed by atoms with Crippen LogP contribution in [0.4, 0.5) is 11.8 Å². The number of nitrogens with one attached hydrogen (secondary N) is 2. The van der Waals surface area contributed by atoms with Crippen LogP contribution in [0.1, 0.15) is 31.2 Å². The van der Waals surface area contributed by atoms with E-state index in [2.05, 4.69) is 21.7 Å². The zero-order valence-corrected chi connectivity index (χ0v) is 18.8. The molecular weight excluding hydrogens is 398 g/mol. The highest BCUT2D eigenvalue weighted by Gasteiger charge is 2.22. The van der Waals surface area contributed by atoms with Crippen molar-refractivity contribution in [3.05, 3.63) is 66.2 Å². The van der Waals surface area contributed by atoms with Crippen molar-refractivity contribution >= 4 is 34.7 Å². The van der Waals surface area contributed by atoms with Gasteiger partial charge in [0.1, 0.15) is 5.82 Å². The standard InChI is InChI=1S/C26H31N5O/c1-31(2)25-22-10-6-7-11-23(22)29-26(30-25)27-18-20-12-15-21(16-13-20)28-24(32)17-14-19-8-4-3-5-9-19/h3-11,14,17,20-21H,12-13,15-16,18H2,1-2H3,(H,28,32)(H,27,29,30)/b17-14+. The van der Waals surface area contributed by atoms with Crippen LogP contribution >= 0.6 is 0 Å². The Morgan fingerprint density at radius 2 is 1.72 bits per heavy atom. The zero-order chi connectivity index (χ0) is 22.3. The molecule has 0 radical (unpaired) electrons. The molecule has 0 atom stereocenters. The first-order valence-corrected chi connectivity index (χ1v) is 11.3. The highest BCUT2D eigenvalue weighted by atomic mass is 16.1. The average molecular weight is 430 g/mol. The lowest BCUT2D eigenvalue weighted by atomic mass is 9.86. The minimum atomic E-state index is -0.0174. The van der Waals surface area contributed by atoms with E-state index >= 15 is 0 Å². The fourth-order valence-electron chi connectivity index (χ4n) is 4.21. The Morgan fingerprint density at radius 1 is 1.00 bits per heavy atom. The Hall–Kier alpha value is -3.41. The number of benzene rings is 2. The summed E-state index contributed by atoms with van der Waals surface area (Å²) in [5.74, 6) is 2.14. The molecule has 0 bridgehead atoms. The van der Waals surface area contributed by atoms with E-state index in [0.717, 1.165) is 54.5 Å². The number of carbonyl (C=O) groups is 1. The Balaban J connectivity index is 1.26. The summed E-state index contributed by atoms with van der Waals surface area (Å²) in [7, 11) is 4.01. The van der Waals surface area contributed by atoms with E-state index in [1.807, 2.05) is 73.6 Å². The smallest absolute Gasteiger partial charge is 0.244 e. The number of amides is 1. The van der Waals surface area contributed by atoms with E-state index in [0.29, 0.717) is 11.9 Å². The molecule has 4 rings (SSSR count). The predicted molar refractivity (Wildman–Crippen MR) is 132 cm³/mol. The fraction of sp³-hybridized carbons (Fsp3) is 0.346. The van der Waals surface area contributed by atoms with Crippen molar-refractivity contribution in [2.45, 2.75) is 31.7 Å². The van der Waals surface area contributed by atoms with Crippen LogP contribution in [0.15, 0.2) is 60.7 Å². The average Bonchev–Trinajstić information content (AvgIpc) is 2.82. The Labute approximate surface area is 189 Å². The molecule has 1 saturated carbocycles. The van der Waals surface area contributed by atoms with Crippen LogP contribution < -0.4 is 15.5 Å². The molecule has 6 nitrogen and oxygen atoms in total. The maximum atomic E-state index is 12.2. The molecule has 0 saturated heterocycles. The molecule has 3 aromatic rings. The second kappa shape index (κ2) is 10.3. The molecule has 1 aliphatic carbocycles. The van der Waals surface area contributed by atoms with Crippen molar-refractivity contribution < 1.29 is 4.79 Å². The van der Waals surface area contributed by atoms with Gasteiger partial charge >= 0.3 is 0 Å². The van der Waals surface area contributed by atoms with Crippen LogP contribution in [-0.2, 0) is 4.79 Å². The second-order valence-electron chi connectivity index (χ2n) is 8.63. The van der Waals surface area contributed by atoms with E-state index in [4.69, 9.17) is 4.98 Å². The fourth-order valence-corrected chi connectivity index (χ4v) is 4.21. The van der Waals surface area contributed by atoms with Gasteiger partial charge in [-0.1, -0.05) is 42.5 Å². The molecule has 1 amide bonds. The van der Waals surface area contributed by atoms with Crippen LogP contribution in [0.2, 0.25) is 0 Å². The summed E-state index contributed by atoms with van der Waals surface area (Å²) in [6.07, 6.45) is 7.64. The van der Waals surface area contributed by atoms with Gasteiger partial charge < -0.3 is 15.5 Å². The lowest BCUT2D eigenvalue weighted by Gasteiger charge is -2.29. The number of aromatic nitrogens is 2. The highest BCUT2D eigenvalue weighted by molar-refractivity contribution is 5.92. The van der Waals surface area contributed by atoms with Gasteiger partial charge in [-0.3, -0.25) is 4.79 Å². The van der Waals surface area contributed by atoms with Crippen molar-refractivity contribution in [2.75, 3.05) is 30.9 Å². The first kappa shape index (κ1) is 21.8. The summed E-state index contributed by atoms with van der Waals surface area (Å²) in [5, 5.41) is 7.65. The van der Waals surface area contributed by atoms with Gasteiger partial charge in [-0.2, -0.15) is 4.98 Å². The van der Waals surface area contributed by atoms with E-state index in [1.54, 1.807) is 6.08 Å². The summed E-state index contributed by atoms with van der Waals surface area (Å²) in [5.41, 5.74) is 1.98. The van der Waals surface area contributed by atoms with E-state index < -0.39 is 0 Å². The summed E-state index contributed by atoms with van der Waals surface area (Å²) < 4.78 is 0. The third kappa shape index (κ3) is 5.63. The van der Waals surface area contributed by atoms with Gasteiger partial charge in [-0.25, -0.2) is 4.98 Å². The SMILES string of the molecule is CN(C)c1nc(NCC2CCC(NC(=O)/C=C/c3ccccc3)CC2)nc2ccccc12. The zero-order valence-electron chi connectivity index (χ0n) is 18.8. The largest absolute Gasteiger partial charge is 0.362 e. The molecule has 1 fully saturated rings. The maximum absolute atomic E-state index is 12.2. The summed E-state index contributed by atoms with van der Waals surface area (Å²) in [6.45, 7) is 0.847. The van der Waals surface area contributed by atoms with Gasteiger partial charge in [0.25, 0.3) is 0 Å². The molecular formula is C26H31N5O. The van der Waals surface area contributed by atoms with Crippen molar-refractivity contribution in [3.8, 4) is 0 Å². The lowest BCUT2D eigenvalue weighted by Crippen LogP contribution is -2.37. The van der Waals surface area contributed by atoms with E-state index in [9.17, 15) is 4.79 Å². The Bertz CT molecular complexity index is 1070. The summed E-state index contributed by atoms with van der Waals surface area (Å²) in [4.78, 5) is 23.7. The monoisotopic (exact) mass is 429 g/mol. The van der Waals surface area contributed by atoms with Gasteiger partial charge in [0.05, 0.1) is 5.52 Å². The normalized spacial score (nSPS) is 18.6. The molecule has 0 aliphatic heterocycles. The maximum Gasteiger partial charge on any atom is 0.244 e. The number of hydrogen-bond acceptors (Lipinski definition) is 5. The van der Waals surface area contributed by atoms with Crippen molar-refractivity contribution in [3.63, 3.8) is 0 Å². The van der Waals surface area contributed by atoms with Crippen molar-refractivity contribution in [1.29, 1.82) is 0 Å². The van der Waals surface area contributed by atoms with Gasteiger partial charge in [-0.15, -0.1) is 0 Å². The molecule has 1 aliphatic rings. The third-order valence-electron chi connectivity index (χ3n) is 5.98. The highest BCUT2D eigenvalue weighted by Crippen LogP contribution is 2.26. The molecule has 6 heteroatoms. The third-order valence-corrected chi connectivity index (χ3v) is 5.98. The van der Waals surface area contributed by atoms with E-state index in [1.165, 1.54) is 0 Å². The van der Waals surface area contributed by atoms with Crippen molar-refractivity contribution in [1.82, 2.24) is 15.3 Å². The van der Waals surface area contributed by atoms with Gasteiger partial charge in [0.2, 0.25) is 11.9 Å². The first-order chi connectivity index (χ1) is 15.6. The number of carbonyl (C=O) groups excluding carboxylic acids is 1. The number of rotatable bonds is 7. The van der Waals surface area contributed by atoms with E-state index in [-0.39, 0.29) is 11.9 Å². The lowest BCUT2D eigenvalue weighted by molar-refractivity contribution is -0.117. The molecule has 0 unspecified atom stereocenters. The summed E-state index contributed by atoms with van der Waals surface area (Å²) in [6, 6.07) is 18.2. The van der Waals surface area contributed by atoms with Crippen molar-refractivity contribution in [2.24, 2.45) is 5.92 Å². The number of anilines is 2. The number of hydrogen-bond donors (Lipinski definition) is 2. The van der Waals surface area contributed by atoms with Crippen LogP contribution in [0.3, 0.4) is 0 Å². The molecule has 32 heavy (non-hydrogen) atoms. The molecule has 2 aromatic carbocycles. The Morgan fingerprint density at radius 3 is 2.47 bits per heavy atom. The van der Waals surface area contributed by atoms with Crippen LogP contribution in [0, 0.1) is 5.92 Å². The van der Waals surface area contributed by atoms with Crippen LogP contribution in [0.5, 0.6) is 0 Å². The Kier molecular flexibility index (Phi) is 7.00. The molecule has 0 spiro atoms. The second-order valence-corrected chi connectivity index (χ2v) is 8.63. The predicted octanol–water partition coefficient (Wildman–Crippen LogP) is 4.50. The molecule has 166 valence electrons. The van der Waals surface area contributed by atoms with Crippen LogP contribution in [-0.4, -0.2) is 42.6 Å². The minimum absolute atomic E-state index is 0.0174. The first-order valence-electron chi connectivity index (χ1n) is 11.3. The topological polar surface area (TPSA) is 70.2 Å². The van der Waals surface area contributed by atoms with Gasteiger partial charge in [0, 0.05) is 38.1 Å². The molecule has 1 aromatic heterocycles. The molecule has 2 N–H and O–H groups in total. The van der Waals surface area contributed by atoms with Crippen LogP contribution in [0.25, 0.3) is 17.0 Å². The number of fused-ring (bicyclic) bond motifs is 1. The minimum Gasteiger partial charge on any atom is -0.362 e. The quantitative estimate of drug-likeness (QED) is 0.541. The number of nitrogens with zero attached hydrogens (tertiary/aromatic N) is 3. The van der Waals surface area contributed by atoms with Gasteiger partial charge in [0.15, 0.2) is 0 Å². The molecule has 1 heterocycles. The van der Waals surface area contributed by atoms with Gasteiger partial charge in [-0.05, 0) is 55.4 Å². The number of para-hydroxylation sites is 1.